The van der Waals surface area contributed by atoms with Gasteiger partial charge in [-0.1, -0.05) is 122 Å². The summed E-state index contributed by atoms with van der Waals surface area (Å²) in [4.78, 5) is 3.65. The Kier molecular flexibility index (Phi) is 8.22. The Hall–Kier alpha value is -6.58. The predicted molar refractivity (Wildman–Crippen MR) is 221 cm³/mol. The maximum absolute atomic E-state index is 3.72. The SMILES string of the molecule is CC1C=Cc2[nH]c3ccc(-c4cc(-c5cccc(-c6ccccc6Nc6cccc(-c7ccccc7)c6)c5)ccc4Nc4ccccc4)cc3c2C1. The Morgan fingerprint density at radius 3 is 1.96 bits per heavy atom. The second kappa shape index (κ2) is 13.6. The highest BCUT2D eigenvalue weighted by Gasteiger charge is 2.18. The second-order valence-corrected chi connectivity index (χ2v) is 13.8. The van der Waals surface area contributed by atoms with Crippen LogP contribution in [0.3, 0.4) is 0 Å². The Bertz CT molecular complexity index is 2560. The largest absolute Gasteiger partial charge is 0.355 e. The van der Waals surface area contributed by atoms with Crippen LogP contribution in [0.5, 0.6) is 0 Å². The third kappa shape index (κ3) is 6.29. The van der Waals surface area contributed by atoms with Gasteiger partial charge in [0.1, 0.15) is 0 Å². The van der Waals surface area contributed by atoms with Gasteiger partial charge in [-0.15, -0.1) is 0 Å². The summed E-state index contributed by atoms with van der Waals surface area (Å²) in [5, 5.41) is 8.74. The third-order valence-electron chi connectivity index (χ3n) is 10.1. The number of benzene rings is 7. The van der Waals surface area contributed by atoms with Crippen LogP contribution in [0.1, 0.15) is 18.2 Å². The first-order valence-electron chi connectivity index (χ1n) is 18.1. The zero-order valence-electron chi connectivity index (χ0n) is 29.1. The van der Waals surface area contributed by atoms with E-state index >= 15 is 0 Å². The molecule has 7 aromatic carbocycles. The van der Waals surface area contributed by atoms with Crippen LogP contribution >= 0.6 is 0 Å². The van der Waals surface area contributed by atoms with Gasteiger partial charge < -0.3 is 15.6 Å². The van der Waals surface area contributed by atoms with Crippen molar-refractivity contribution in [3.05, 3.63) is 187 Å². The Balaban J connectivity index is 1.09. The Morgan fingerprint density at radius 1 is 0.481 bits per heavy atom. The lowest BCUT2D eigenvalue weighted by molar-refractivity contribution is 0.720. The van der Waals surface area contributed by atoms with E-state index in [2.05, 4.69) is 205 Å². The lowest BCUT2D eigenvalue weighted by Gasteiger charge is -2.17. The van der Waals surface area contributed by atoms with Crippen molar-refractivity contribution in [1.29, 1.82) is 0 Å². The molecule has 1 aromatic heterocycles. The number of H-pyrrole nitrogens is 1. The van der Waals surface area contributed by atoms with E-state index in [-0.39, 0.29) is 0 Å². The molecule has 0 aliphatic heterocycles. The fraction of sp³-hybridized carbons (Fsp3) is 0.0612. The molecule has 1 atom stereocenters. The van der Waals surface area contributed by atoms with Crippen molar-refractivity contribution in [3.63, 3.8) is 0 Å². The topological polar surface area (TPSA) is 39.9 Å². The van der Waals surface area contributed by atoms with Crippen molar-refractivity contribution < 1.29 is 0 Å². The fourth-order valence-corrected chi connectivity index (χ4v) is 7.47. The van der Waals surface area contributed by atoms with Crippen LogP contribution in [0, 0.1) is 5.92 Å². The van der Waals surface area contributed by atoms with E-state index in [1.165, 1.54) is 55.5 Å². The van der Waals surface area contributed by atoms with Gasteiger partial charge >= 0.3 is 0 Å². The first-order valence-corrected chi connectivity index (χ1v) is 18.1. The molecule has 3 N–H and O–H groups in total. The molecule has 1 aliphatic rings. The molecule has 1 aliphatic carbocycles. The summed E-state index contributed by atoms with van der Waals surface area (Å²) in [5.41, 5.74) is 17.5. The summed E-state index contributed by atoms with van der Waals surface area (Å²) < 4.78 is 0. The number of rotatable bonds is 8. The first kappa shape index (κ1) is 31.4. The molecule has 0 spiro atoms. The number of aromatic nitrogens is 1. The van der Waals surface area contributed by atoms with Crippen LogP contribution in [-0.4, -0.2) is 4.98 Å². The van der Waals surface area contributed by atoms with Crippen molar-refractivity contribution >= 4 is 39.7 Å². The van der Waals surface area contributed by atoms with Gasteiger partial charge in [0.25, 0.3) is 0 Å². The number of para-hydroxylation sites is 2. The fourth-order valence-electron chi connectivity index (χ4n) is 7.47. The molecule has 9 rings (SSSR count). The van der Waals surface area contributed by atoms with Gasteiger partial charge in [-0.2, -0.15) is 0 Å². The molecule has 52 heavy (non-hydrogen) atoms. The van der Waals surface area contributed by atoms with Gasteiger partial charge in [0, 0.05) is 50.5 Å². The smallest absolute Gasteiger partial charge is 0.0464 e. The molecular weight excluding hydrogens is 631 g/mol. The molecule has 1 heterocycles. The van der Waals surface area contributed by atoms with Crippen LogP contribution in [0.2, 0.25) is 0 Å². The summed E-state index contributed by atoms with van der Waals surface area (Å²) in [6, 6.07) is 60.7. The second-order valence-electron chi connectivity index (χ2n) is 13.8. The van der Waals surface area contributed by atoms with Crippen LogP contribution in [0.25, 0.3) is 61.5 Å². The lowest BCUT2D eigenvalue weighted by Crippen LogP contribution is -2.01. The average Bonchev–Trinajstić information content (AvgIpc) is 3.56. The number of anilines is 4. The summed E-state index contributed by atoms with van der Waals surface area (Å²) in [6.07, 6.45) is 5.59. The molecular formula is C49H39N3. The number of allylic oxidation sites excluding steroid dienone is 1. The summed E-state index contributed by atoms with van der Waals surface area (Å²) >= 11 is 0. The number of fused-ring (bicyclic) bond motifs is 3. The Labute approximate surface area is 305 Å². The third-order valence-corrected chi connectivity index (χ3v) is 10.1. The maximum Gasteiger partial charge on any atom is 0.0464 e. The standard InChI is InChI=1S/C49H39N3/c1-33-22-25-48-44(28-33)45-32-39(24-27-49(45)52-48)43-31-37(23-26-47(43)50-40-17-6-3-7-18-40)35-14-10-16-38(29-35)42-20-8-9-21-46(42)51-41-19-11-15-36(30-41)34-12-4-2-5-13-34/h2-27,29-33,50-52H,28H2,1H3. The molecule has 250 valence electrons. The molecule has 3 heteroatoms. The molecule has 0 radical (unpaired) electrons. The summed E-state index contributed by atoms with van der Waals surface area (Å²) in [7, 11) is 0. The summed E-state index contributed by atoms with van der Waals surface area (Å²) in [5.74, 6) is 0.529. The van der Waals surface area contributed by atoms with E-state index in [0.717, 1.165) is 40.3 Å². The minimum Gasteiger partial charge on any atom is -0.355 e. The molecule has 0 bridgehead atoms. The molecule has 0 saturated heterocycles. The minimum absolute atomic E-state index is 0.529. The number of nitrogens with one attached hydrogen (secondary N) is 3. The zero-order valence-corrected chi connectivity index (χ0v) is 29.1. The van der Waals surface area contributed by atoms with Gasteiger partial charge in [-0.05, 0) is 118 Å². The molecule has 3 nitrogen and oxygen atoms in total. The highest BCUT2D eigenvalue weighted by molar-refractivity contribution is 5.95. The van der Waals surface area contributed by atoms with Crippen LogP contribution in [0.15, 0.2) is 176 Å². The van der Waals surface area contributed by atoms with Gasteiger partial charge in [-0.3, -0.25) is 0 Å². The van der Waals surface area contributed by atoms with Crippen LogP contribution in [-0.2, 0) is 6.42 Å². The summed E-state index contributed by atoms with van der Waals surface area (Å²) in [6.45, 7) is 2.29. The van der Waals surface area contributed by atoms with Gasteiger partial charge in [0.2, 0.25) is 0 Å². The highest BCUT2D eigenvalue weighted by Crippen LogP contribution is 2.40. The van der Waals surface area contributed by atoms with Gasteiger partial charge in [0.15, 0.2) is 0 Å². The van der Waals surface area contributed by atoms with E-state index in [0.29, 0.717) is 5.92 Å². The van der Waals surface area contributed by atoms with Crippen molar-refractivity contribution in [1.82, 2.24) is 4.98 Å². The van der Waals surface area contributed by atoms with Crippen LogP contribution < -0.4 is 10.6 Å². The van der Waals surface area contributed by atoms with E-state index in [1.54, 1.807) is 0 Å². The van der Waals surface area contributed by atoms with Gasteiger partial charge in [0.05, 0.1) is 0 Å². The number of hydrogen-bond donors (Lipinski definition) is 3. The quantitative estimate of drug-likeness (QED) is 0.151. The minimum atomic E-state index is 0.529. The van der Waals surface area contributed by atoms with Gasteiger partial charge in [-0.25, -0.2) is 0 Å². The van der Waals surface area contributed by atoms with E-state index in [9.17, 15) is 0 Å². The maximum atomic E-state index is 3.72. The monoisotopic (exact) mass is 669 g/mol. The normalized spacial score (nSPS) is 13.5. The van der Waals surface area contributed by atoms with E-state index in [1.807, 2.05) is 0 Å². The number of hydrogen-bond acceptors (Lipinski definition) is 2. The molecule has 0 fully saturated rings. The predicted octanol–water partition coefficient (Wildman–Crippen LogP) is 13.5. The van der Waals surface area contributed by atoms with Crippen molar-refractivity contribution in [2.75, 3.05) is 10.6 Å². The van der Waals surface area contributed by atoms with Crippen molar-refractivity contribution in [3.8, 4) is 44.5 Å². The lowest BCUT2D eigenvalue weighted by atomic mass is 9.91. The first-order chi connectivity index (χ1) is 25.6. The number of aromatic amines is 1. The molecule has 1 unspecified atom stereocenters. The average molecular weight is 670 g/mol. The molecule has 8 aromatic rings. The zero-order chi connectivity index (χ0) is 34.9. The van der Waals surface area contributed by atoms with E-state index in [4.69, 9.17) is 0 Å². The van der Waals surface area contributed by atoms with Crippen molar-refractivity contribution in [2.45, 2.75) is 13.3 Å². The molecule has 0 amide bonds. The van der Waals surface area contributed by atoms with Crippen molar-refractivity contribution in [2.24, 2.45) is 5.92 Å². The molecule has 0 saturated carbocycles. The van der Waals surface area contributed by atoms with Crippen LogP contribution in [0.4, 0.5) is 22.7 Å². The highest BCUT2D eigenvalue weighted by atomic mass is 14.9. The Morgan fingerprint density at radius 2 is 1.10 bits per heavy atom. The van der Waals surface area contributed by atoms with E-state index < -0.39 is 0 Å².